The van der Waals surface area contributed by atoms with Crippen LogP contribution in [0.1, 0.15) is 18.4 Å². The molecule has 2 rings (SSSR count). The van der Waals surface area contributed by atoms with Crippen molar-refractivity contribution >= 4 is 5.91 Å². The summed E-state index contributed by atoms with van der Waals surface area (Å²) < 4.78 is 28.3. The lowest BCUT2D eigenvalue weighted by molar-refractivity contribution is -0.131. The van der Waals surface area contributed by atoms with Gasteiger partial charge in [0.2, 0.25) is 5.91 Å². The number of hydrogen-bond donors (Lipinski definition) is 1. The minimum Gasteiger partial charge on any atom is -0.435 e. The second-order valence-electron chi connectivity index (χ2n) is 4.82. The zero-order chi connectivity index (χ0) is 14.5. The van der Waals surface area contributed by atoms with Crippen molar-refractivity contribution in [3.8, 4) is 5.75 Å². The first-order valence-electron chi connectivity index (χ1n) is 6.63. The normalized spacial score (nSPS) is 18.6. The van der Waals surface area contributed by atoms with Crippen LogP contribution in [0.25, 0.3) is 0 Å². The highest BCUT2D eigenvalue weighted by Gasteiger charge is 2.27. The molecule has 0 saturated carbocycles. The number of nitrogens with two attached hydrogens (primary N) is 1. The topological polar surface area (TPSA) is 55.6 Å². The van der Waals surface area contributed by atoms with Gasteiger partial charge in [-0.2, -0.15) is 8.78 Å². The predicted molar refractivity (Wildman–Crippen MR) is 70.6 cm³/mol. The molecular formula is C14H18F2N2O2. The van der Waals surface area contributed by atoms with Gasteiger partial charge in [0.05, 0.1) is 6.42 Å². The molecule has 1 amide bonds. The molecule has 0 aliphatic carbocycles. The third-order valence-electron chi connectivity index (χ3n) is 3.47. The monoisotopic (exact) mass is 284 g/mol. The average Bonchev–Trinajstić information content (AvgIpc) is 2.89. The van der Waals surface area contributed by atoms with E-state index in [2.05, 4.69) is 4.74 Å². The van der Waals surface area contributed by atoms with Gasteiger partial charge in [-0.15, -0.1) is 0 Å². The number of amides is 1. The van der Waals surface area contributed by atoms with Crippen molar-refractivity contribution in [2.45, 2.75) is 31.9 Å². The summed E-state index contributed by atoms with van der Waals surface area (Å²) in [7, 11) is 0. The largest absolute Gasteiger partial charge is 0.435 e. The first-order chi connectivity index (χ1) is 9.60. The van der Waals surface area contributed by atoms with Crippen LogP contribution in [0, 0.1) is 0 Å². The molecule has 4 nitrogen and oxygen atoms in total. The minimum atomic E-state index is -2.84. The van der Waals surface area contributed by atoms with E-state index in [1.165, 1.54) is 12.1 Å². The van der Waals surface area contributed by atoms with E-state index in [0.29, 0.717) is 6.54 Å². The maximum Gasteiger partial charge on any atom is 0.387 e. The Balaban J connectivity index is 1.94. The van der Waals surface area contributed by atoms with E-state index in [0.717, 1.165) is 24.9 Å². The zero-order valence-corrected chi connectivity index (χ0v) is 11.1. The van der Waals surface area contributed by atoms with Crippen LogP contribution < -0.4 is 10.5 Å². The standard InChI is InChI=1S/C14H18F2N2O2/c15-14(16)20-12-5-3-10(4-6-12)8-13(19)18-7-1-2-11(18)9-17/h3-6,11,14H,1-2,7-9,17H2. The van der Waals surface area contributed by atoms with E-state index in [4.69, 9.17) is 5.73 Å². The summed E-state index contributed by atoms with van der Waals surface area (Å²) in [6, 6.07) is 6.27. The number of carbonyl (C=O) groups is 1. The van der Waals surface area contributed by atoms with E-state index in [9.17, 15) is 13.6 Å². The Morgan fingerprint density at radius 1 is 1.40 bits per heavy atom. The van der Waals surface area contributed by atoms with E-state index in [1.807, 2.05) is 4.90 Å². The molecule has 2 N–H and O–H groups in total. The molecule has 1 fully saturated rings. The van der Waals surface area contributed by atoms with Crippen molar-refractivity contribution in [3.05, 3.63) is 29.8 Å². The van der Waals surface area contributed by atoms with Crippen molar-refractivity contribution in [2.75, 3.05) is 13.1 Å². The zero-order valence-electron chi connectivity index (χ0n) is 11.1. The van der Waals surface area contributed by atoms with Gasteiger partial charge in [-0.25, -0.2) is 0 Å². The van der Waals surface area contributed by atoms with Gasteiger partial charge in [0.15, 0.2) is 0 Å². The summed E-state index contributed by atoms with van der Waals surface area (Å²) in [6.45, 7) is -1.61. The van der Waals surface area contributed by atoms with Crippen LogP contribution in [0.2, 0.25) is 0 Å². The maximum atomic E-state index is 12.2. The molecule has 1 heterocycles. The number of likely N-dealkylation sites (tertiary alicyclic amines) is 1. The Kier molecular flexibility index (Phi) is 4.89. The Morgan fingerprint density at radius 2 is 2.10 bits per heavy atom. The fourth-order valence-electron chi connectivity index (χ4n) is 2.47. The lowest BCUT2D eigenvalue weighted by Gasteiger charge is -2.23. The molecule has 1 aromatic carbocycles. The molecule has 1 aliphatic heterocycles. The summed E-state index contributed by atoms with van der Waals surface area (Å²) in [6.07, 6.45) is 2.18. The SMILES string of the molecule is NCC1CCCN1C(=O)Cc1ccc(OC(F)F)cc1. The van der Waals surface area contributed by atoms with Gasteiger partial charge in [-0.1, -0.05) is 12.1 Å². The number of carbonyl (C=O) groups excluding carboxylic acids is 1. The fourth-order valence-corrected chi connectivity index (χ4v) is 2.47. The van der Waals surface area contributed by atoms with Gasteiger partial charge in [0.25, 0.3) is 0 Å². The van der Waals surface area contributed by atoms with Crippen LogP contribution in [0.3, 0.4) is 0 Å². The molecule has 0 radical (unpaired) electrons. The second-order valence-corrected chi connectivity index (χ2v) is 4.82. The van der Waals surface area contributed by atoms with Crippen molar-refractivity contribution in [2.24, 2.45) is 5.73 Å². The van der Waals surface area contributed by atoms with Crippen molar-refractivity contribution in [3.63, 3.8) is 0 Å². The molecule has 1 atom stereocenters. The van der Waals surface area contributed by atoms with Gasteiger partial charge in [-0.05, 0) is 30.5 Å². The molecule has 1 saturated heterocycles. The van der Waals surface area contributed by atoms with Crippen LogP contribution in [-0.2, 0) is 11.2 Å². The molecular weight excluding hydrogens is 266 g/mol. The quantitative estimate of drug-likeness (QED) is 0.896. The van der Waals surface area contributed by atoms with E-state index < -0.39 is 6.61 Å². The fraction of sp³-hybridized carbons (Fsp3) is 0.500. The average molecular weight is 284 g/mol. The Morgan fingerprint density at radius 3 is 2.70 bits per heavy atom. The molecule has 0 bridgehead atoms. The van der Waals surface area contributed by atoms with Gasteiger partial charge < -0.3 is 15.4 Å². The molecule has 20 heavy (non-hydrogen) atoms. The molecule has 0 spiro atoms. The number of ether oxygens (including phenoxy) is 1. The maximum absolute atomic E-state index is 12.2. The third kappa shape index (κ3) is 3.66. The number of alkyl halides is 2. The smallest absolute Gasteiger partial charge is 0.387 e. The Bertz CT molecular complexity index is 451. The lowest BCUT2D eigenvalue weighted by atomic mass is 10.1. The molecule has 1 aromatic rings. The second kappa shape index (κ2) is 6.65. The highest BCUT2D eigenvalue weighted by molar-refractivity contribution is 5.79. The van der Waals surface area contributed by atoms with E-state index >= 15 is 0 Å². The van der Waals surface area contributed by atoms with Crippen LogP contribution in [0.15, 0.2) is 24.3 Å². The number of hydrogen-bond acceptors (Lipinski definition) is 3. The number of rotatable bonds is 5. The van der Waals surface area contributed by atoms with Crippen LogP contribution in [-0.4, -0.2) is 36.5 Å². The number of nitrogens with zero attached hydrogens (tertiary/aromatic N) is 1. The third-order valence-corrected chi connectivity index (χ3v) is 3.47. The van der Waals surface area contributed by atoms with Gasteiger partial charge in [0.1, 0.15) is 5.75 Å². The molecule has 1 aliphatic rings. The Hall–Kier alpha value is -1.69. The number of halogens is 2. The van der Waals surface area contributed by atoms with Crippen LogP contribution >= 0.6 is 0 Å². The summed E-state index contributed by atoms with van der Waals surface area (Å²) in [5, 5.41) is 0. The molecule has 1 unspecified atom stereocenters. The Labute approximate surface area is 116 Å². The summed E-state index contributed by atoms with van der Waals surface area (Å²) in [5.74, 6) is 0.123. The van der Waals surface area contributed by atoms with Crippen molar-refractivity contribution in [1.29, 1.82) is 0 Å². The summed E-state index contributed by atoms with van der Waals surface area (Å²) in [4.78, 5) is 14.0. The van der Waals surface area contributed by atoms with Crippen molar-refractivity contribution < 1.29 is 18.3 Å². The first-order valence-corrected chi connectivity index (χ1v) is 6.63. The molecule has 6 heteroatoms. The van der Waals surface area contributed by atoms with Gasteiger partial charge in [-0.3, -0.25) is 4.79 Å². The predicted octanol–water partition coefficient (Wildman–Crippen LogP) is 1.78. The minimum absolute atomic E-state index is 0.0282. The first kappa shape index (κ1) is 14.7. The van der Waals surface area contributed by atoms with Gasteiger partial charge >= 0.3 is 6.61 Å². The molecule has 0 aromatic heterocycles. The van der Waals surface area contributed by atoms with Crippen LogP contribution in [0.5, 0.6) is 5.75 Å². The van der Waals surface area contributed by atoms with E-state index in [-0.39, 0.29) is 24.1 Å². The number of benzene rings is 1. The highest BCUT2D eigenvalue weighted by Crippen LogP contribution is 2.19. The molecule has 110 valence electrons. The van der Waals surface area contributed by atoms with Crippen molar-refractivity contribution in [1.82, 2.24) is 4.90 Å². The van der Waals surface area contributed by atoms with Crippen LogP contribution in [0.4, 0.5) is 8.78 Å². The summed E-state index contributed by atoms with van der Waals surface area (Å²) >= 11 is 0. The summed E-state index contributed by atoms with van der Waals surface area (Å²) in [5.41, 5.74) is 6.42. The van der Waals surface area contributed by atoms with Gasteiger partial charge in [0, 0.05) is 19.1 Å². The highest BCUT2D eigenvalue weighted by atomic mass is 19.3. The van der Waals surface area contributed by atoms with E-state index in [1.54, 1.807) is 12.1 Å². The lowest BCUT2D eigenvalue weighted by Crippen LogP contribution is -2.40.